The van der Waals surface area contributed by atoms with E-state index in [4.69, 9.17) is 0 Å². The molecule has 0 saturated heterocycles. The molecule has 0 amide bonds. The van der Waals surface area contributed by atoms with Crippen LogP contribution in [0.15, 0.2) is 89.1 Å². The van der Waals surface area contributed by atoms with Crippen LogP contribution in [0.25, 0.3) is 10.9 Å². The maximum Gasteiger partial charge on any atom is 0.221 e. The molecule has 0 bridgehead atoms. The van der Waals surface area contributed by atoms with Gasteiger partial charge in [-0.1, -0.05) is 73.7 Å². The summed E-state index contributed by atoms with van der Waals surface area (Å²) in [5.41, 5.74) is 4.37. The Morgan fingerprint density at radius 3 is 2.17 bits per heavy atom. The van der Waals surface area contributed by atoms with E-state index in [9.17, 15) is 5.11 Å². The van der Waals surface area contributed by atoms with Gasteiger partial charge in [0, 0.05) is 16.3 Å². The highest BCUT2D eigenvalue weighted by atomic mass is 16.3. The predicted octanol–water partition coefficient (Wildman–Crippen LogP) is 7.21. The zero-order valence-electron chi connectivity index (χ0n) is 17.5. The van der Waals surface area contributed by atoms with E-state index < -0.39 is 0 Å². The number of para-hydroxylation sites is 1. The highest BCUT2D eigenvalue weighted by Gasteiger charge is 2.44. The van der Waals surface area contributed by atoms with Crippen LogP contribution in [0.4, 0.5) is 11.4 Å². The number of aromatic hydroxyl groups is 1. The first kappa shape index (κ1) is 18.6. The quantitative estimate of drug-likeness (QED) is 0.366. The number of aromatic nitrogens is 1. The van der Waals surface area contributed by atoms with Crippen LogP contribution in [-0.2, 0) is 11.0 Å². The normalized spacial score (nSPS) is 20.1. The molecule has 1 aliphatic rings. The zero-order chi connectivity index (χ0) is 20.9. The largest absolute Gasteiger partial charge is 0.493 e. The van der Waals surface area contributed by atoms with Crippen molar-refractivity contribution >= 4 is 22.3 Å². The lowest BCUT2D eigenvalue weighted by Gasteiger charge is -2.45. The number of benzene rings is 3. The van der Waals surface area contributed by atoms with Crippen molar-refractivity contribution in [3.63, 3.8) is 0 Å². The number of rotatable bonds is 3. The van der Waals surface area contributed by atoms with Gasteiger partial charge in [0.15, 0.2) is 5.69 Å². The molecule has 150 valence electrons. The Labute approximate surface area is 176 Å². The maximum atomic E-state index is 11.2. The molecule has 3 aromatic carbocycles. The molecule has 30 heavy (non-hydrogen) atoms. The van der Waals surface area contributed by atoms with Crippen molar-refractivity contribution in [1.29, 1.82) is 0 Å². The minimum atomic E-state index is -0.290. The summed E-state index contributed by atoms with van der Waals surface area (Å²) in [6.07, 6.45) is 0.869. The van der Waals surface area contributed by atoms with Gasteiger partial charge in [-0.3, -0.25) is 0 Å². The maximum absolute atomic E-state index is 11.2. The van der Waals surface area contributed by atoms with Crippen LogP contribution in [0.1, 0.15) is 38.3 Å². The van der Waals surface area contributed by atoms with Crippen LogP contribution in [0.3, 0.4) is 0 Å². The van der Waals surface area contributed by atoms with Crippen LogP contribution in [0.5, 0.6) is 5.88 Å². The van der Waals surface area contributed by atoms with Crippen LogP contribution < -0.4 is 0 Å². The van der Waals surface area contributed by atoms with Gasteiger partial charge in [0.25, 0.3) is 0 Å². The van der Waals surface area contributed by atoms with Crippen LogP contribution >= 0.6 is 0 Å². The highest BCUT2D eigenvalue weighted by molar-refractivity contribution is 5.98. The molecular formula is C26H25N3O. The summed E-state index contributed by atoms with van der Waals surface area (Å²) in [4.78, 5) is 0. The van der Waals surface area contributed by atoms with Gasteiger partial charge in [0.1, 0.15) is 0 Å². The summed E-state index contributed by atoms with van der Waals surface area (Å²) in [6, 6.07) is 26.5. The van der Waals surface area contributed by atoms with Gasteiger partial charge in [-0.15, -0.1) is 5.11 Å². The summed E-state index contributed by atoms with van der Waals surface area (Å²) in [5.74, 6) is 0.178. The minimum Gasteiger partial charge on any atom is -0.493 e. The zero-order valence-corrected chi connectivity index (χ0v) is 17.5. The van der Waals surface area contributed by atoms with Gasteiger partial charge in [-0.2, -0.15) is 5.11 Å². The molecule has 2 heterocycles. The lowest BCUT2D eigenvalue weighted by molar-refractivity contribution is 0.236. The topological polar surface area (TPSA) is 49.9 Å². The van der Waals surface area contributed by atoms with Gasteiger partial charge in [-0.25, -0.2) is 0 Å². The Morgan fingerprint density at radius 1 is 0.800 bits per heavy atom. The molecule has 0 fully saturated rings. The molecule has 1 atom stereocenters. The Hall–Kier alpha value is -3.40. The van der Waals surface area contributed by atoms with E-state index in [1.54, 1.807) is 0 Å². The molecular weight excluding hydrogens is 370 g/mol. The first-order chi connectivity index (χ1) is 14.4. The average molecular weight is 396 g/mol. The molecule has 1 N–H and O–H groups in total. The monoisotopic (exact) mass is 395 g/mol. The van der Waals surface area contributed by atoms with Crippen molar-refractivity contribution < 1.29 is 5.11 Å². The van der Waals surface area contributed by atoms with Crippen molar-refractivity contribution in [1.82, 2.24) is 4.57 Å². The van der Waals surface area contributed by atoms with Crippen LogP contribution in [-0.4, -0.2) is 9.67 Å². The lowest BCUT2D eigenvalue weighted by atomic mass is 9.66. The van der Waals surface area contributed by atoms with Crippen molar-refractivity contribution in [2.24, 2.45) is 10.2 Å². The number of hydrogen-bond acceptors (Lipinski definition) is 3. The second-order valence-corrected chi connectivity index (χ2v) is 8.93. The third-order valence-electron chi connectivity index (χ3n) is 6.36. The van der Waals surface area contributed by atoms with E-state index in [-0.39, 0.29) is 16.8 Å². The summed E-state index contributed by atoms with van der Waals surface area (Å²) < 4.78 is 2.04. The van der Waals surface area contributed by atoms with Crippen molar-refractivity contribution in [3.8, 4) is 5.88 Å². The van der Waals surface area contributed by atoms with Gasteiger partial charge in [0.05, 0.1) is 11.2 Å². The minimum absolute atomic E-state index is 0.168. The fourth-order valence-electron chi connectivity index (χ4n) is 5.15. The molecule has 4 heteroatoms. The van der Waals surface area contributed by atoms with Crippen LogP contribution in [0, 0.1) is 0 Å². The molecule has 1 aliphatic heterocycles. The fraction of sp³-hybridized carbons (Fsp3) is 0.231. The average Bonchev–Trinajstić information content (AvgIpc) is 3.04. The Bertz CT molecular complexity index is 1260. The summed E-state index contributed by atoms with van der Waals surface area (Å²) >= 11 is 0. The van der Waals surface area contributed by atoms with Gasteiger partial charge >= 0.3 is 0 Å². The molecule has 0 spiro atoms. The molecule has 0 aliphatic carbocycles. The molecule has 5 rings (SSSR count). The standard InChI is InChI=1S/C26H25N3O/c1-25(2)17-26(3,18-11-6-4-7-12-18)21-16-10-15-20-22(24(30)29(25)23(20)21)28-27-19-13-8-5-9-14-19/h4-16,30H,17H2,1-3H3/t26-/m0/s1. The van der Waals surface area contributed by atoms with E-state index in [0.29, 0.717) is 5.69 Å². The Kier molecular flexibility index (Phi) is 4.07. The summed E-state index contributed by atoms with van der Waals surface area (Å²) in [7, 11) is 0. The van der Waals surface area contributed by atoms with Gasteiger partial charge in [0.2, 0.25) is 5.88 Å². The number of azo groups is 1. The summed E-state index contributed by atoms with van der Waals surface area (Å²) in [6.45, 7) is 6.67. The second kappa shape index (κ2) is 6.56. The second-order valence-electron chi connectivity index (χ2n) is 8.93. The first-order valence-electron chi connectivity index (χ1n) is 10.3. The highest BCUT2D eigenvalue weighted by Crippen LogP contribution is 2.54. The van der Waals surface area contributed by atoms with E-state index >= 15 is 0 Å². The molecule has 0 unspecified atom stereocenters. The van der Waals surface area contributed by atoms with E-state index in [2.05, 4.69) is 73.5 Å². The summed E-state index contributed by atoms with van der Waals surface area (Å²) in [5, 5.41) is 21.0. The van der Waals surface area contributed by atoms with Crippen molar-refractivity contribution in [2.45, 2.75) is 38.1 Å². The van der Waals surface area contributed by atoms with Crippen molar-refractivity contribution in [3.05, 3.63) is 90.0 Å². The van der Waals surface area contributed by atoms with E-state index in [1.165, 1.54) is 11.1 Å². The Balaban J connectivity index is 1.78. The van der Waals surface area contributed by atoms with E-state index in [0.717, 1.165) is 23.0 Å². The third kappa shape index (κ3) is 2.67. The smallest absolute Gasteiger partial charge is 0.221 e. The van der Waals surface area contributed by atoms with Gasteiger partial charge < -0.3 is 9.67 Å². The third-order valence-corrected chi connectivity index (χ3v) is 6.36. The molecule has 0 saturated carbocycles. The predicted molar refractivity (Wildman–Crippen MR) is 121 cm³/mol. The molecule has 1 aromatic heterocycles. The SMILES string of the molecule is CC1(C)C[C@@](C)(c2ccccc2)c2cccc3c(N=Nc4ccccc4)c(O)n1c23. The number of hydrogen-bond donors (Lipinski definition) is 1. The lowest BCUT2D eigenvalue weighted by Crippen LogP contribution is -2.41. The first-order valence-corrected chi connectivity index (χ1v) is 10.3. The Morgan fingerprint density at radius 2 is 1.47 bits per heavy atom. The fourth-order valence-corrected chi connectivity index (χ4v) is 5.15. The van der Waals surface area contributed by atoms with E-state index in [1.807, 2.05) is 41.0 Å². The van der Waals surface area contributed by atoms with Crippen molar-refractivity contribution in [2.75, 3.05) is 0 Å². The van der Waals surface area contributed by atoms with Gasteiger partial charge in [-0.05, 0) is 43.5 Å². The molecule has 4 nitrogen and oxygen atoms in total. The van der Waals surface area contributed by atoms with Crippen LogP contribution in [0.2, 0.25) is 0 Å². The molecule has 4 aromatic rings. The number of nitrogens with zero attached hydrogens (tertiary/aromatic N) is 3. The molecule has 0 radical (unpaired) electrons.